The van der Waals surface area contributed by atoms with Crippen molar-refractivity contribution in [2.75, 3.05) is 19.8 Å². The molecule has 0 N–H and O–H groups in total. The Bertz CT molecular complexity index is 1460. The van der Waals surface area contributed by atoms with Crippen LogP contribution in [0.5, 0.6) is 17.2 Å². The highest BCUT2D eigenvalue weighted by atomic mass is 16.5. The minimum atomic E-state index is 0.742. The zero-order valence-electron chi connectivity index (χ0n) is 32.2. The lowest BCUT2D eigenvalue weighted by molar-refractivity contribution is 0.259. The highest BCUT2D eigenvalue weighted by Crippen LogP contribution is 2.34. The molecule has 276 valence electrons. The lowest BCUT2D eigenvalue weighted by Crippen LogP contribution is -2.03. The van der Waals surface area contributed by atoms with Gasteiger partial charge < -0.3 is 14.2 Å². The standard InChI is InChI=1S/C48H66O3/c1-4-7-10-17-36-49-46-33-30-43(31-34-46)42-26-22-40(23-27-42)20-15-13-14-16-21-41-24-28-44(29-25-41)45-32-35-47(50-37-18-11-8-5-2)48(39-45)51-38-19-12-9-6-3/h22-35,39H,4-21,36-38H2,1-3H3. The van der Waals surface area contributed by atoms with Crippen molar-refractivity contribution in [3.05, 3.63) is 102 Å². The maximum Gasteiger partial charge on any atom is 0.161 e. The molecule has 0 atom stereocenters. The summed E-state index contributed by atoms with van der Waals surface area (Å²) in [5, 5.41) is 0. The number of hydrogen-bond donors (Lipinski definition) is 0. The first-order valence-corrected chi connectivity index (χ1v) is 20.5. The van der Waals surface area contributed by atoms with Crippen LogP contribution in [0.3, 0.4) is 0 Å². The van der Waals surface area contributed by atoms with Gasteiger partial charge in [-0.3, -0.25) is 0 Å². The molecule has 0 aliphatic heterocycles. The number of hydrogen-bond acceptors (Lipinski definition) is 3. The molecule has 51 heavy (non-hydrogen) atoms. The van der Waals surface area contributed by atoms with E-state index in [-0.39, 0.29) is 0 Å². The second-order valence-corrected chi connectivity index (χ2v) is 14.2. The number of unbranched alkanes of at least 4 members (excludes halogenated alkanes) is 12. The molecule has 0 aliphatic rings. The van der Waals surface area contributed by atoms with E-state index in [0.717, 1.165) is 69.2 Å². The highest BCUT2D eigenvalue weighted by molar-refractivity contribution is 5.67. The van der Waals surface area contributed by atoms with Gasteiger partial charge in [-0.15, -0.1) is 0 Å². The molecular formula is C48H66O3. The van der Waals surface area contributed by atoms with Gasteiger partial charge in [0.25, 0.3) is 0 Å². The molecule has 3 nitrogen and oxygen atoms in total. The highest BCUT2D eigenvalue weighted by Gasteiger charge is 2.09. The molecule has 4 aromatic rings. The van der Waals surface area contributed by atoms with Gasteiger partial charge in [0.1, 0.15) is 5.75 Å². The topological polar surface area (TPSA) is 27.7 Å². The molecule has 3 heteroatoms. The van der Waals surface area contributed by atoms with Gasteiger partial charge in [-0.05, 0) is 103 Å². The zero-order valence-corrected chi connectivity index (χ0v) is 32.2. The molecule has 0 saturated carbocycles. The van der Waals surface area contributed by atoms with Crippen molar-refractivity contribution in [1.82, 2.24) is 0 Å². The van der Waals surface area contributed by atoms with E-state index in [9.17, 15) is 0 Å². The lowest BCUT2D eigenvalue weighted by Gasteiger charge is -2.15. The molecule has 0 aromatic heterocycles. The zero-order chi connectivity index (χ0) is 35.8. The molecule has 0 amide bonds. The van der Waals surface area contributed by atoms with Crippen LogP contribution in [-0.2, 0) is 12.8 Å². The van der Waals surface area contributed by atoms with E-state index in [1.807, 2.05) is 0 Å². The van der Waals surface area contributed by atoms with E-state index in [4.69, 9.17) is 14.2 Å². The Morgan fingerprint density at radius 3 is 1.22 bits per heavy atom. The van der Waals surface area contributed by atoms with E-state index < -0.39 is 0 Å². The summed E-state index contributed by atoms with van der Waals surface area (Å²) in [6.45, 7) is 9.03. The van der Waals surface area contributed by atoms with Crippen LogP contribution in [0, 0.1) is 0 Å². The van der Waals surface area contributed by atoms with Gasteiger partial charge in [0.05, 0.1) is 19.8 Å². The van der Waals surface area contributed by atoms with Crippen molar-refractivity contribution in [2.24, 2.45) is 0 Å². The van der Waals surface area contributed by atoms with Crippen molar-refractivity contribution in [1.29, 1.82) is 0 Å². The van der Waals surface area contributed by atoms with Crippen molar-refractivity contribution in [2.45, 2.75) is 136 Å². The first kappa shape index (κ1) is 40.1. The number of aryl methyl sites for hydroxylation is 2. The second kappa shape index (κ2) is 24.5. The van der Waals surface area contributed by atoms with E-state index in [1.54, 1.807) is 0 Å². The molecular weight excluding hydrogens is 625 g/mol. The summed E-state index contributed by atoms with van der Waals surface area (Å²) >= 11 is 0. The Morgan fingerprint density at radius 1 is 0.333 bits per heavy atom. The Balaban J connectivity index is 1.16. The van der Waals surface area contributed by atoms with Crippen LogP contribution in [0.2, 0.25) is 0 Å². The van der Waals surface area contributed by atoms with Gasteiger partial charge in [-0.2, -0.15) is 0 Å². The van der Waals surface area contributed by atoms with Crippen LogP contribution in [0.4, 0.5) is 0 Å². The van der Waals surface area contributed by atoms with E-state index in [2.05, 4.69) is 112 Å². The van der Waals surface area contributed by atoms with Crippen LogP contribution in [0.1, 0.15) is 135 Å². The number of ether oxygens (including phenoxy) is 3. The van der Waals surface area contributed by atoms with Gasteiger partial charge in [0.15, 0.2) is 11.5 Å². The van der Waals surface area contributed by atoms with Crippen molar-refractivity contribution in [3.8, 4) is 39.5 Å². The van der Waals surface area contributed by atoms with Crippen LogP contribution >= 0.6 is 0 Å². The lowest BCUT2D eigenvalue weighted by atomic mass is 9.99. The SMILES string of the molecule is CCCCCCOc1ccc(-c2ccc(CCCCCCc3ccc(-c4ccc(OCCCCCC)c(OCCCCCC)c4)cc3)cc2)cc1. The molecule has 4 rings (SSSR count). The second-order valence-electron chi connectivity index (χ2n) is 14.2. The molecule has 0 bridgehead atoms. The first-order chi connectivity index (χ1) is 25.2. The quantitative estimate of drug-likeness (QED) is 0.0583. The molecule has 4 aromatic carbocycles. The Hall–Kier alpha value is -3.72. The van der Waals surface area contributed by atoms with E-state index >= 15 is 0 Å². The summed E-state index contributed by atoms with van der Waals surface area (Å²) in [5.41, 5.74) is 7.78. The fraction of sp³-hybridized carbons (Fsp3) is 0.500. The van der Waals surface area contributed by atoms with Gasteiger partial charge in [-0.1, -0.05) is 158 Å². The average Bonchev–Trinajstić information content (AvgIpc) is 3.17. The summed E-state index contributed by atoms with van der Waals surface area (Å²) in [4.78, 5) is 0. The molecule has 0 heterocycles. The van der Waals surface area contributed by atoms with Crippen LogP contribution in [0.25, 0.3) is 22.3 Å². The van der Waals surface area contributed by atoms with Crippen LogP contribution in [-0.4, -0.2) is 19.8 Å². The van der Waals surface area contributed by atoms with Gasteiger partial charge in [0.2, 0.25) is 0 Å². The third kappa shape index (κ3) is 15.2. The Kier molecular flexibility index (Phi) is 19.2. The predicted octanol–water partition coefficient (Wildman–Crippen LogP) is 14.2. The molecule has 0 aliphatic carbocycles. The third-order valence-electron chi connectivity index (χ3n) is 9.83. The summed E-state index contributed by atoms with van der Waals surface area (Å²) in [6, 6.07) is 33.3. The smallest absolute Gasteiger partial charge is 0.161 e. The summed E-state index contributed by atoms with van der Waals surface area (Å²) in [6.07, 6.45) is 21.8. The van der Waals surface area contributed by atoms with Gasteiger partial charge in [-0.25, -0.2) is 0 Å². The fourth-order valence-corrected chi connectivity index (χ4v) is 6.54. The molecule has 0 spiro atoms. The van der Waals surface area contributed by atoms with E-state index in [1.165, 1.54) is 117 Å². The third-order valence-corrected chi connectivity index (χ3v) is 9.83. The average molecular weight is 691 g/mol. The maximum absolute atomic E-state index is 6.28. The molecule has 0 unspecified atom stereocenters. The normalized spacial score (nSPS) is 11.1. The number of rotatable bonds is 27. The van der Waals surface area contributed by atoms with Gasteiger partial charge in [0, 0.05) is 0 Å². The van der Waals surface area contributed by atoms with E-state index in [0.29, 0.717) is 0 Å². The maximum atomic E-state index is 6.28. The largest absolute Gasteiger partial charge is 0.494 e. The first-order valence-electron chi connectivity index (χ1n) is 20.5. The monoisotopic (exact) mass is 691 g/mol. The predicted molar refractivity (Wildman–Crippen MR) is 219 cm³/mol. The Labute approximate surface area is 311 Å². The van der Waals surface area contributed by atoms with Crippen molar-refractivity contribution < 1.29 is 14.2 Å². The number of benzene rings is 4. The fourth-order valence-electron chi connectivity index (χ4n) is 6.54. The minimum absolute atomic E-state index is 0.742. The Morgan fingerprint density at radius 2 is 0.725 bits per heavy atom. The van der Waals surface area contributed by atoms with Crippen molar-refractivity contribution >= 4 is 0 Å². The van der Waals surface area contributed by atoms with Crippen LogP contribution in [0.15, 0.2) is 91.0 Å². The van der Waals surface area contributed by atoms with Gasteiger partial charge >= 0.3 is 0 Å². The van der Waals surface area contributed by atoms with Crippen molar-refractivity contribution in [3.63, 3.8) is 0 Å². The minimum Gasteiger partial charge on any atom is -0.494 e. The summed E-state index contributed by atoms with van der Waals surface area (Å²) in [5.74, 6) is 2.72. The summed E-state index contributed by atoms with van der Waals surface area (Å²) in [7, 11) is 0. The summed E-state index contributed by atoms with van der Waals surface area (Å²) < 4.78 is 18.4. The van der Waals surface area contributed by atoms with Crippen LogP contribution < -0.4 is 14.2 Å². The molecule has 0 fully saturated rings. The molecule has 0 saturated heterocycles. The molecule has 0 radical (unpaired) electrons.